The maximum Gasteiger partial charge on any atom is 0.295 e. The van der Waals surface area contributed by atoms with E-state index in [1.54, 1.807) is 24.3 Å². The van der Waals surface area contributed by atoms with Crippen molar-refractivity contribution in [1.82, 2.24) is 15.2 Å². The number of primary amides is 1. The van der Waals surface area contributed by atoms with E-state index in [1.165, 1.54) is 0 Å². The summed E-state index contributed by atoms with van der Waals surface area (Å²) in [7, 11) is 0. The van der Waals surface area contributed by atoms with Gasteiger partial charge in [-0.3, -0.25) is 14.7 Å². The second kappa shape index (κ2) is 4.76. The Morgan fingerprint density at radius 3 is 2.75 bits per heavy atom. The fourth-order valence-corrected chi connectivity index (χ4v) is 1.90. The van der Waals surface area contributed by atoms with Gasteiger partial charge < -0.3 is 11.1 Å². The van der Waals surface area contributed by atoms with E-state index >= 15 is 0 Å². The third-order valence-electron chi connectivity index (χ3n) is 3.11. The Kier molecular flexibility index (Phi) is 2.94. The second-order valence-electron chi connectivity index (χ2n) is 4.68. The molecule has 1 aromatic carbocycles. The summed E-state index contributed by atoms with van der Waals surface area (Å²) < 4.78 is 0. The van der Waals surface area contributed by atoms with Gasteiger partial charge in [0.05, 0.1) is 11.3 Å². The number of nitrogens with two attached hydrogens (primary N) is 1. The molecule has 1 aliphatic rings. The molecule has 1 aliphatic carbocycles. The first-order valence-corrected chi connectivity index (χ1v) is 6.27. The standard InChI is InChI=1S/C13H13N5O2/c14-10(19)8-3-1-2-4-9(8)15-13(20)12-16-11(17-18-12)7-5-6-7/h1-4,7H,5-6H2,(H2,14,19)(H,15,20)(H,16,17,18). The molecule has 102 valence electrons. The van der Waals surface area contributed by atoms with Crippen LogP contribution in [-0.4, -0.2) is 27.0 Å². The highest BCUT2D eigenvalue weighted by molar-refractivity contribution is 6.07. The normalized spacial score (nSPS) is 14.0. The predicted molar refractivity (Wildman–Crippen MR) is 71.3 cm³/mol. The summed E-state index contributed by atoms with van der Waals surface area (Å²) in [4.78, 5) is 27.5. The van der Waals surface area contributed by atoms with Crippen LogP contribution in [0.2, 0.25) is 0 Å². The van der Waals surface area contributed by atoms with Crippen LogP contribution in [0.4, 0.5) is 5.69 Å². The van der Waals surface area contributed by atoms with E-state index in [0.29, 0.717) is 11.6 Å². The summed E-state index contributed by atoms with van der Waals surface area (Å²) in [5.41, 5.74) is 5.85. The quantitative estimate of drug-likeness (QED) is 0.770. The van der Waals surface area contributed by atoms with Gasteiger partial charge in [0.1, 0.15) is 5.82 Å². The summed E-state index contributed by atoms with van der Waals surface area (Å²) in [6, 6.07) is 6.53. The van der Waals surface area contributed by atoms with Crippen molar-refractivity contribution < 1.29 is 9.59 Å². The number of H-pyrrole nitrogens is 1. The van der Waals surface area contributed by atoms with Gasteiger partial charge in [-0.15, -0.1) is 5.10 Å². The number of aromatic amines is 1. The number of carbonyl (C=O) groups excluding carboxylic acids is 2. The summed E-state index contributed by atoms with van der Waals surface area (Å²) in [5.74, 6) is 0.114. The Bertz CT molecular complexity index is 675. The number of benzene rings is 1. The summed E-state index contributed by atoms with van der Waals surface area (Å²) in [6.45, 7) is 0. The molecule has 2 aromatic rings. The van der Waals surface area contributed by atoms with Crippen LogP contribution >= 0.6 is 0 Å². The minimum absolute atomic E-state index is 0.0613. The molecule has 2 amide bonds. The number of para-hydroxylation sites is 1. The van der Waals surface area contributed by atoms with Crippen LogP contribution < -0.4 is 11.1 Å². The molecule has 1 fully saturated rings. The molecule has 0 radical (unpaired) electrons. The van der Waals surface area contributed by atoms with Crippen LogP contribution in [0, 0.1) is 0 Å². The number of anilines is 1. The molecule has 0 aliphatic heterocycles. The number of nitrogens with zero attached hydrogens (tertiary/aromatic N) is 2. The van der Waals surface area contributed by atoms with E-state index in [4.69, 9.17) is 5.73 Å². The van der Waals surface area contributed by atoms with Gasteiger partial charge in [0.25, 0.3) is 11.8 Å². The average Bonchev–Trinajstić information content (AvgIpc) is 3.16. The first kappa shape index (κ1) is 12.3. The highest BCUT2D eigenvalue weighted by atomic mass is 16.2. The van der Waals surface area contributed by atoms with Crippen molar-refractivity contribution in [2.75, 3.05) is 5.32 Å². The van der Waals surface area contributed by atoms with Crippen molar-refractivity contribution in [3.63, 3.8) is 0 Å². The molecule has 0 unspecified atom stereocenters. The maximum absolute atomic E-state index is 12.0. The van der Waals surface area contributed by atoms with E-state index in [9.17, 15) is 9.59 Å². The molecule has 0 saturated heterocycles. The molecule has 3 rings (SSSR count). The van der Waals surface area contributed by atoms with Crippen LogP contribution in [0.15, 0.2) is 24.3 Å². The monoisotopic (exact) mass is 271 g/mol. The van der Waals surface area contributed by atoms with Crippen molar-refractivity contribution in [1.29, 1.82) is 0 Å². The lowest BCUT2D eigenvalue weighted by atomic mass is 10.1. The van der Waals surface area contributed by atoms with Crippen LogP contribution in [0.3, 0.4) is 0 Å². The minimum atomic E-state index is -0.602. The van der Waals surface area contributed by atoms with Gasteiger partial charge >= 0.3 is 0 Å². The molecule has 4 N–H and O–H groups in total. The SMILES string of the molecule is NC(=O)c1ccccc1NC(=O)c1n[nH]c(C2CC2)n1. The number of hydrogen-bond acceptors (Lipinski definition) is 4. The Balaban J connectivity index is 1.79. The van der Waals surface area contributed by atoms with Gasteiger partial charge in [0.15, 0.2) is 0 Å². The first-order chi connectivity index (χ1) is 9.65. The molecule has 0 atom stereocenters. The number of nitrogens with one attached hydrogen (secondary N) is 2. The van der Waals surface area contributed by atoms with Gasteiger partial charge in [-0.25, -0.2) is 4.98 Å². The van der Waals surface area contributed by atoms with E-state index in [2.05, 4.69) is 20.5 Å². The van der Waals surface area contributed by atoms with Crippen LogP contribution in [-0.2, 0) is 0 Å². The van der Waals surface area contributed by atoms with Crippen molar-refractivity contribution in [2.45, 2.75) is 18.8 Å². The Morgan fingerprint density at radius 1 is 1.30 bits per heavy atom. The number of aromatic nitrogens is 3. The number of hydrogen-bond donors (Lipinski definition) is 3. The summed E-state index contributed by atoms with van der Waals surface area (Å²) in [5, 5.41) is 9.24. The molecule has 20 heavy (non-hydrogen) atoms. The smallest absolute Gasteiger partial charge is 0.295 e. The van der Waals surface area contributed by atoms with Crippen molar-refractivity contribution >= 4 is 17.5 Å². The first-order valence-electron chi connectivity index (χ1n) is 6.27. The van der Waals surface area contributed by atoms with Gasteiger partial charge in [-0.1, -0.05) is 12.1 Å². The van der Waals surface area contributed by atoms with Gasteiger partial charge in [-0.05, 0) is 25.0 Å². The third kappa shape index (κ3) is 2.37. The number of rotatable bonds is 4. The molecule has 0 bridgehead atoms. The molecule has 1 aromatic heterocycles. The molecular formula is C13H13N5O2. The number of amides is 2. The van der Waals surface area contributed by atoms with Crippen molar-refractivity contribution in [2.24, 2.45) is 5.73 Å². The fourth-order valence-electron chi connectivity index (χ4n) is 1.90. The van der Waals surface area contributed by atoms with Gasteiger partial charge in [0.2, 0.25) is 5.82 Å². The fraction of sp³-hybridized carbons (Fsp3) is 0.231. The lowest BCUT2D eigenvalue weighted by Crippen LogP contribution is -2.19. The number of carbonyl (C=O) groups is 2. The van der Waals surface area contributed by atoms with Crippen molar-refractivity contribution in [3.8, 4) is 0 Å². The van der Waals surface area contributed by atoms with Crippen LogP contribution in [0.1, 0.15) is 45.6 Å². The minimum Gasteiger partial charge on any atom is -0.366 e. The second-order valence-corrected chi connectivity index (χ2v) is 4.68. The van der Waals surface area contributed by atoms with Gasteiger partial charge in [0, 0.05) is 5.92 Å². The molecule has 0 spiro atoms. The lowest BCUT2D eigenvalue weighted by molar-refractivity contribution is 0.100. The highest BCUT2D eigenvalue weighted by Crippen LogP contribution is 2.37. The predicted octanol–water partition coefficient (Wildman–Crippen LogP) is 1.03. The molecule has 7 nitrogen and oxygen atoms in total. The average molecular weight is 271 g/mol. The Morgan fingerprint density at radius 2 is 2.05 bits per heavy atom. The molecule has 1 saturated carbocycles. The molecule has 7 heteroatoms. The lowest BCUT2D eigenvalue weighted by Gasteiger charge is -2.06. The molecular weight excluding hydrogens is 258 g/mol. The Hall–Kier alpha value is -2.70. The van der Waals surface area contributed by atoms with E-state index in [1.807, 2.05) is 0 Å². The zero-order valence-electron chi connectivity index (χ0n) is 10.6. The largest absolute Gasteiger partial charge is 0.366 e. The third-order valence-corrected chi connectivity index (χ3v) is 3.11. The summed E-state index contributed by atoms with van der Waals surface area (Å²) >= 11 is 0. The Labute approximate surface area is 114 Å². The van der Waals surface area contributed by atoms with Crippen LogP contribution in [0.5, 0.6) is 0 Å². The van der Waals surface area contributed by atoms with Gasteiger partial charge in [-0.2, -0.15) is 0 Å². The highest BCUT2D eigenvalue weighted by Gasteiger charge is 2.28. The zero-order valence-corrected chi connectivity index (χ0v) is 10.6. The van der Waals surface area contributed by atoms with Crippen LogP contribution in [0.25, 0.3) is 0 Å². The summed E-state index contributed by atoms with van der Waals surface area (Å²) in [6.07, 6.45) is 2.14. The maximum atomic E-state index is 12.0. The van der Waals surface area contributed by atoms with E-state index < -0.39 is 11.8 Å². The molecule has 1 heterocycles. The van der Waals surface area contributed by atoms with E-state index in [0.717, 1.165) is 18.7 Å². The van der Waals surface area contributed by atoms with E-state index in [-0.39, 0.29) is 11.4 Å². The topological polar surface area (TPSA) is 114 Å². The zero-order chi connectivity index (χ0) is 14.1. The van der Waals surface area contributed by atoms with Crippen molar-refractivity contribution in [3.05, 3.63) is 41.5 Å².